The van der Waals surface area contributed by atoms with Gasteiger partial charge >= 0.3 is 5.97 Å². The lowest BCUT2D eigenvalue weighted by molar-refractivity contribution is 0.0526. The number of methoxy groups -OCH3 is 1. The van der Waals surface area contributed by atoms with Crippen molar-refractivity contribution in [3.8, 4) is 17.1 Å². The van der Waals surface area contributed by atoms with Crippen LogP contribution in [-0.4, -0.2) is 29.7 Å². The second-order valence-electron chi connectivity index (χ2n) is 6.56. The van der Waals surface area contributed by atoms with Gasteiger partial charge in [0.05, 0.1) is 24.8 Å². The van der Waals surface area contributed by atoms with Crippen molar-refractivity contribution in [1.82, 2.24) is 9.97 Å². The number of hydrogen-bond donors (Lipinski definition) is 1. The van der Waals surface area contributed by atoms with Gasteiger partial charge in [-0.2, -0.15) is 0 Å². The molecule has 0 aliphatic heterocycles. The lowest BCUT2D eigenvalue weighted by Gasteiger charge is -2.12. The molecule has 0 atom stereocenters. The molecule has 6 nitrogen and oxygen atoms in total. The highest BCUT2D eigenvalue weighted by atomic mass is 16.5. The van der Waals surface area contributed by atoms with Crippen LogP contribution in [0.25, 0.3) is 22.3 Å². The summed E-state index contributed by atoms with van der Waals surface area (Å²) in [5.41, 5.74) is 3.05. The van der Waals surface area contributed by atoms with Crippen molar-refractivity contribution in [2.24, 2.45) is 0 Å². The summed E-state index contributed by atoms with van der Waals surface area (Å²) in [5, 5.41) is 4.26. The number of para-hydroxylation sites is 1. The third-order valence-corrected chi connectivity index (χ3v) is 4.61. The number of benzene rings is 3. The maximum Gasteiger partial charge on any atom is 0.338 e. The average molecular weight is 399 g/mol. The van der Waals surface area contributed by atoms with E-state index in [4.69, 9.17) is 19.4 Å². The summed E-state index contributed by atoms with van der Waals surface area (Å²) in [7, 11) is 1.64. The first-order valence-electron chi connectivity index (χ1n) is 9.63. The van der Waals surface area contributed by atoms with Crippen LogP contribution in [0.1, 0.15) is 17.3 Å². The summed E-state index contributed by atoms with van der Waals surface area (Å²) in [6.07, 6.45) is 0. The summed E-state index contributed by atoms with van der Waals surface area (Å²) >= 11 is 0. The zero-order valence-corrected chi connectivity index (χ0v) is 16.8. The van der Waals surface area contributed by atoms with Gasteiger partial charge in [-0.3, -0.25) is 0 Å². The van der Waals surface area contributed by atoms with E-state index in [1.54, 1.807) is 26.2 Å². The number of carbonyl (C=O) groups excluding carboxylic acids is 1. The Morgan fingerprint density at radius 2 is 1.67 bits per heavy atom. The summed E-state index contributed by atoms with van der Waals surface area (Å²) in [5.74, 6) is 1.75. The summed E-state index contributed by atoms with van der Waals surface area (Å²) < 4.78 is 10.3. The predicted octanol–water partition coefficient (Wildman–Crippen LogP) is 5.23. The van der Waals surface area contributed by atoms with Crippen LogP contribution in [0.15, 0.2) is 72.8 Å². The van der Waals surface area contributed by atoms with E-state index in [1.165, 1.54) is 0 Å². The number of nitrogens with zero attached hydrogens (tertiary/aromatic N) is 2. The Kier molecular flexibility index (Phi) is 5.57. The molecular weight excluding hydrogens is 378 g/mol. The van der Waals surface area contributed by atoms with Crippen molar-refractivity contribution in [3.05, 3.63) is 78.4 Å². The van der Waals surface area contributed by atoms with Gasteiger partial charge in [-0.1, -0.05) is 12.1 Å². The fraction of sp³-hybridized carbons (Fsp3) is 0.125. The minimum absolute atomic E-state index is 0.335. The van der Waals surface area contributed by atoms with Gasteiger partial charge in [0.2, 0.25) is 0 Å². The maximum absolute atomic E-state index is 11.9. The molecule has 0 fully saturated rings. The molecule has 4 aromatic rings. The molecular formula is C24H21N3O3. The molecule has 0 saturated carbocycles. The number of ether oxygens (including phenoxy) is 2. The van der Waals surface area contributed by atoms with Crippen LogP contribution in [0.2, 0.25) is 0 Å². The number of fused-ring (bicyclic) bond motifs is 1. The van der Waals surface area contributed by atoms with Crippen LogP contribution in [0, 0.1) is 0 Å². The van der Waals surface area contributed by atoms with Crippen LogP contribution < -0.4 is 10.1 Å². The lowest BCUT2D eigenvalue weighted by atomic mass is 10.1. The van der Waals surface area contributed by atoms with Gasteiger partial charge in [0.15, 0.2) is 5.82 Å². The smallest absolute Gasteiger partial charge is 0.338 e. The van der Waals surface area contributed by atoms with Gasteiger partial charge in [-0.15, -0.1) is 0 Å². The molecule has 0 bridgehead atoms. The standard InChI is InChI=1S/C24H21N3O3/c1-3-30-24(28)17-8-12-18(13-9-17)25-23-20-6-4-5-7-21(20)26-22(27-23)16-10-14-19(29-2)15-11-16/h4-15H,3H2,1-2H3,(H,25,26,27). The van der Waals surface area contributed by atoms with Gasteiger partial charge in [0.25, 0.3) is 0 Å². The van der Waals surface area contributed by atoms with Crippen molar-refractivity contribution in [3.63, 3.8) is 0 Å². The summed E-state index contributed by atoms with van der Waals surface area (Å²) in [6.45, 7) is 2.13. The van der Waals surface area contributed by atoms with E-state index in [0.717, 1.165) is 27.9 Å². The number of rotatable bonds is 6. The third-order valence-electron chi connectivity index (χ3n) is 4.61. The molecule has 4 rings (SSSR count). The van der Waals surface area contributed by atoms with Gasteiger partial charge in [-0.25, -0.2) is 14.8 Å². The highest BCUT2D eigenvalue weighted by Crippen LogP contribution is 2.28. The molecule has 0 saturated heterocycles. The molecule has 30 heavy (non-hydrogen) atoms. The second kappa shape index (κ2) is 8.61. The first kappa shape index (κ1) is 19.4. The van der Waals surface area contributed by atoms with E-state index in [-0.39, 0.29) is 5.97 Å². The van der Waals surface area contributed by atoms with E-state index in [0.29, 0.717) is 23.8 Å². The number of carbonyl (C=O) groups is 1. The molecule has 1 aromatic heterocycles. The van der Waals surface area contributed by atoms with Gasteiger partial charge < -0.3 is 14.8 Å². The van der Waals surface area contributed by atoms with Crippen LogP contribution in [0.5, 0.6) is 5.75 Å². The fourth-order valence-corrected chi connectivity index (χ4v) is 3.08. The predicted molar refractivity (Wildman–Crippen MR) is 117 cm³/mol. The molecule has 1 heterocycles. The first-order chi connectivity index (χ1) is 14.7. The molecule has 0 aliphatic carbocycles. The number of anilines is 2. The zero-order valence-electron chi connectivity index (χ0n) is 16.8. The largest absolute Gasteiger partial charge is 0.497 e. The summed E-state index contributed by atoms with van der Waals surface area (Å²) in [6, 6.07) is 22.6. The minimum Gasteiger partial charge on any atom is -0.497 e. The normalized spacial score (nSPS) is 10.6. The number of aromatic nitrogens is 2. The summed E-state index contributed by atoms with van der Waals surface area (Å²) in [4.78, 5) is 21.3. The molecule has 0 radical (unpaired) electrons. The first-order valence-corrected chi connectivity index (χ1v) is 9.63. The Labute approximate surface area is 174 Å². The van der Waals surface area contributed by atoms with Crippen molar-refractivity contribution in [2.75, 3.05) is 19.0 Å². The second-order valence-corrected chi connectivity index (χ2v) is 6.56. The van der Waals surface area contributed by atoms with E-state index >= 15 is 0 Å². The Balaban J connectivity index is 1.69. The number of hydrogen-bond acceptors (Lipinski definition) is 6. The molecule has 3 aromatic carbocycles. The molecule has 1 N–H and O–H groups in total. The molecule has 0 amide bonds. The monoisotopic (exact) mass is 399 g/mol. The number of nitrogens with one attached hydrogen (secondary N) is 1. The van der Waals surface area contributed by atoms with Gasteiger partial charge in [0, 0.05) is 16.6 Å². The van der Waals surface area contributed by atoms with Crippen LogP contribution in [0.3, 0.4) is 0 Å². The lowest BCUT2D eigenvalue weighted by Crippen LogP contribution is -2.04. The van der Waals surface area contributed by atoms with Crippen LogP contribution in [-0.2, 0) is 4.74 Å². The quantitative estimate of drug-likeness (QED) is 0.448. The highest BCUT2D eigenvalue weighted by molar-refractivity contribution is 5.93. The third kappa shape index (κ3) is 4.07. The van der Waals surface area contributed by atoms with Gasteiger partial charge in [0.1, 0.15) is 11.6 Å². The molecule has 0 unspecified atom stereocenters. The topological polar surface area (TPSA) is 73.3 Å². The highest BCUT2D eigenvalue weighted by Gasteiger charge is 2.11. The van der Waals surface area contributed by atoms with E-state index in [9.17, 15) is 4.79 Å². The molecule has 150 valence electrons. The fourth-order valence-electron chi connectivity index (χ4n) is 3.08. The SMILES string of the molecule is CCOC(=O)c1ccc(Nc2nc(-c3ccc(OC)cc3)nc3ccccc23)cc1. The Bertz CT molecular complexity index is 1170. The van der Waals surface area contributed by atoms with Crippen LogP contribution in [0.4, 0.5) is 11.5 Å². The van der Waals surface area contributed by atoms with Crippen molar-refractivity contribution >= 4 is 28.4 Å². The van der Waals surface area contributed by atoms with Crippen molar-refractivity contribution < 1.29 is 14.3 Å². The molecule has 0 aliphatic rings. The molecule has 6 heteroatoms. The Morgan fingerprint density at radius 1 is 0.933 bits per heavy atom. The van der Waals surface area contributed by atoms with Crippen molar-refractivity contribution in [1.29, 1.82) is 0 Å². The maximum atomic E-state index is 11.9. The Hall–Kier alpha value is -3.93. The van der Waals surface area contributed by atoms with Crippen LogP contribution >= 0.6 is 0 Å². The van der Waals surface area contributed by atoms with E-state index in [2.05, 4.69) is 5.32 Å². The zero-order chi connectivity index (χ0) is 20.9. The Morgan fingerprint density at radius 3 is 2.37 bits per heavy atom. The molecule has 0 spiro atoms. The number of esters is 1. The van der Waals surface area contributed by atoms with E-state index in [1.807, 2.05) is 60.7 Å². The minimum atomic E-state index is -0.335. The van der Waals surface area contributed by atoms with E-state index < -0.39 is 0 Å². The average Bonchev–Trinajstić information content (AvgIpc) is 2.79. The van der Waals surface area contributed by atoms with Gasteiger partial charge in [-0.05, 0) is 67.6 Å². The van der Waals surface area contributed by atoms with Crippen molar-refractivity contribution in [2.45, 2.75) is 6.92 Å².